The molecule has 22 heteroatoms. The third kappa shape index (κ3) is 22.9. The molecule has 324 valence electrons. The second kappa shape index (κ2) is 27.4. The Labute approximate surface area is 324 Å². The molecule has 9 unspecified atom stereocenters. The first kappa shape index (κ1) is 50.8. The first-order valence-corrected chi connectivity index (χ1v) is 17.5. The van der Waals surface area contributed by atoms with Crippen molar-refractivity contribution >= 4 is 43.1 Å². The van der Waals surface area contributed by atoms with Crippen molar-refractivity contribution in [1.82, 2.24) is 0 Å². The van der Waals surface area contributed by atoms with Crippen molar-refractivity contribution < 1.29 is 104 Å². The summed E-state index contributed by atoms with van der Waals surface area (Å²) in [4.78, 5) is 71.0. The number of carbonyl (C=O) groups is 7. The Kier molecular flexibility index (Phi) is 24.9. The molecule has 0 aromatic carbocycles. The molecule has 0 N–H and O–H groups in total. The molecular weight excluding hydrogens is 763 g/mol. The van der Waals surface area contributed by atoms with Crippen molar-refractivity contribution in [1.29, 1.82) is 0 Å². The van der Waals surface area contributed by atoms with Gasteiger partial charge in [0.2, 0.25) is 0 Å². The quantitative estimate of drug-likeness (QED) is 0.208. The van der Waals surface area contributed by atoms with Crippen LogP contribution in [-0.2, 0) is 66.3 Å². The van der Waals surface area contributed by atoms with Crippen LogP contribution in [-0.4, -0.2) is 131 Å². The van der Waals surface area contributed by atoms with E-state index in [9.17, 15) is 38.0 Å². The SMILES string of the molecule is C.CC1CCOC(=O)O1.CC1COC(=O)O1.CC1COC(=O)O1.CC1OC(=O)OC1C.CC1OC(=O)OC1F.CCC1CCOC(=O)O1.CCC1COC(=O)O1. The van der Waals surface area contributed by atoms with E-state index < -0.39 is 55.5 Å². The van der Waals surface area contributed by atoms with E-state index in [4.69, 9.17) is 4.74 Å². The summed E-state index contributed by atoms with van der Waals surface area (Å²) in [6.45, 7) is 16.6. The number of alkyl halides is 1. The normalized spacial score (nSPS) is 30.0. The van der Waals surface area contributed by atoms with Crippen LogP contribution in [0, 0.1) is 0 Å². The minimum absolute atomic E-state index is 0. The molecule has 0 saturated carbocycles. The Balaban J connectivity index is 0.000000629. The Morgan fingerprint density at radius 1 is 0.429 bits per heavy atom. The molecule has 0 radical (unpaired) electrons. The fraction of sp³-hybridized carbons (Fsp3) is 0.794. The Morgan fingerprint density at radius 2 is 0.804 bits per heavy atom. The minimum Gasteiger partial charge on any atom is -0.434 e. The summed E-state index contributed by atoms with van der Waals surface area (Å²) in [5.41, 5.74) is 0. The van der Waals surface area contributed by atoms with Crippen molar-refractivity contribution in [3.63, 3.8) is 0 Å². The summed E-state index contributed by atoms with van der Waals surface area (Å²) >= 11 is 0. The lowest BCUT2D eigenvalue weighted by molar-refractivity contribution is -0.0234. The zero-order valence-corrected chi connectivity index (χ0v) is 32.0. The minimum atomic E-state index is -1.58. The van der Waals surface area contributed by atoms with Gasteiger partial charge in [-0.3, -0.25) is 0 Å². The van der Waals surface area contributed by atoms with E-state index in [1.54, 1.807) is 27.7 Å². The lowest BCUT2D eigenvalue weighted by Crippen LogP contribution is -2.26. The fourth-order valence-electron chi connectivity index (χ4n) is 3.70. The van der Waals surface area contributed by atoms with Gasteiger partial charge in [-0.1, -0.05) is 21.3 Å². The number of hydrogen-bond donors (Lipinski definition) is 0. The smallest absolute Gasteiger partial charge is 0.434 e. The lowest BCUT2D eigenvalue weighted by atomic mass is 10.2. The van der Waals surface area contributed by atoms with Crippen molar-refractivity contribution in [2.24, 2.45) is 0 Å². The molecule has 7 aliphatic rings. The maximum Gasteiger partial charge on any atom is 0.511 e. The third-order valence-corrected chi connectivity index (χ3v) is 7.08. The molecule has 0 aromatic rings. The number of halogens is 1. The molecule has 56 heavy (non-hydrogen) atoms. The topological polar surface area (TPSA) is 249 Å². The van der Waals surface area contributed by atoms with Crippen molar-refractivity contribution in [2.45, 2.75) is 144 Å². The highest BCUT2D eigenvalue weighted by atomic mass is 19.1. The van der Waals surface area contributed by atoms with Gasteiger partial charge in [0.05, 0.1) is 13.2 Å². The van der Waals surface area contributed by atoms with E-state index in [1.165, 1.54) is 6.92 Å². The summed E-state index contributed by atoms with van der Waals surface area (Å²) in [6.07, 6.45) is -3.25. The predicted octanol–water partition coefficient (Wildman–Crippen LogP) is 6.67. The molecule has 0 aliphatic carbocycles. The van der Waals surface area contributed by atoms with E-state index in [0.29, 0.717) is 33.0 Å². The number of cyclic esters (lactones) is 14. The summed E-state index contributed by atoms with van der Waals surface area (Å²) in [7, 11) is 0. The van der Waals surface area contributed by atoms with Crippen molar-refractivity contribution in [3.8, 4) is 0 Å². The molecule has 0 aromatic heterocycles. The van der Waals surface area contributed by atoms with Crippen LogP contribution in [0.3, 0.4) is 0 Å². The van der Waals surface area contributed by atoms with Crippen molar-refractivity contribution in [2.75, 3.05) is 33.0 Å². The number of hydrogen-bond acceptors (Lipinski definition) is 21. The molecule has 7 heterocycles. The van der Waals surface area contributed by atoms with Gasteiger partial charge in [0.1, 0.15) is 62.5 Å². The van der Waals surface area contributed by atoms with Gasteiger partial charge in [-0.15, -0.1) is 0 Å². The largest absolute Gasteiger partial charge is 0.511 e. The highest BCUT2D eigenvalue weighted by molar-refractivity contribution is 5.63. The summed E-state index contributed by atoms with van der Waals surface area (Å²) in [5, 5.41) is 0. The Hall–Kier alpha value is -5.18. The van der Waals surface area contributed by atoms with E-state index >= 15 is 0 Å². The van der Waals surface area contributed by atoms with E-state index in [-0.39, 0.29) is 50.2 Å². The van der Waals surface area contributed by atoms with Crippen LogP contribution in [0.25, 0.3) is 0 Å². The molecule has 7 saturated heterocycles. The van der Waals surface area contributed by atoms with Crippen LogP contribution >= 0.6 is 0 Å². The van der Waals surface area contributed by atoms with Gasteiger partial charge in [0.25, 0.3) is 6.36 Å². The first-order chi connectivity index (χ1) is 25.9. The van der Waals surface area contributed by atoms with Crippen molar-refractivity contribution in [3.05, 3.63) is 0 Å². The predicted molar refractivity (Wildman–Crippen MR) is 183 cm³/mol. The van der Waals surface area contributed by atoms with E-state index in [1.807, 2.05) is 20.8 Å². The maximum absolute atomic E-state index is 12.0. The summed E-state index contributed by atoms with van der Waals surface area (Å²) in [6, 6.07) is 0. The van der Waals surface area contributed by atoms with Crippen LogP contribution in [0.15, 0.2) is 0 Å². The molecule has 7 fully saturated rings. The number of carbonyl (C=O) groups excluding carboxylic acids is 7. The van der Waals surface area contributed by atoms with Gasteiger partial charge < -0.3 is 66.3 Å². The molecule has 7 aliphatic heterocycles. The van der Waals surface area contributed by atoms with E-state index in [2.05, 4.69) is 61.6 Å². The molecule has 0 spiro atoms. The van der Waals surface area contributed by atoms with Gasteiger partial charge in [0.15, 0.2) is 6.10 Å². The fourth-order valence-corrected chi connectivity index (χ4v) is 3.70. The molecule has 21 nitrogen and oxygen atoms in total. The van der Waals surface area contributed by atoms with Crippen LogP contribution in [0.1, 0.15) is 88.5 Å². The van der Waals surface area contributed by atoms with Gasteiger partial charge in [-0.05, 0) is 54.4 Å². The third-order valence-electron chi connectivity index (χ3n) is 7.08. The second-order valence-corrected chi connectivity index (χ2v) is 12.0. The number of ether oxygens (including phenoxy) is 14. The Bertz CT molecular complexity index is 1150. The average Bonchev–Trinajstić information content (AvgIpc) is 3.94. The Morgan fingerprint density at radius 3 is 1.00 bits per heavy atom. The van der Waals surface area contributed by atoms with Crippen LogP contribution < -0.4 is 0 Å². The molecular formula is C34H55FO21. The molecule has 0 amide bonds. The van der Waals surface area contributed by atoms with Crippen LogP contribution in [0.4, 0.5) is 38.0 Å². The monoisotopic (exact) mass is 818 g/mol. The average molecular weight is 819 g/mol. The summed E-state index contributed by atoms with van der Waals surface area (Å²) < 4.78 is 74.8. The standard InChI is InChI=1S/C6H10O3.3C5H8O3.C4H5FO3.2C4H6O3.CH4/c1-2-5-3-4-8-6(7)9-5;1-4-2-3-7-5(6)8-4;1-3-4(2)8-5(6)7-3;1-2-4-3-7-5(6)8-4;1-2-3(5)8-4(6)7-2;2*1-3-2-6-4(5)7-3;/h5H,2-4H2,1H3;4H,2-3H2,1H3;3-4H,1-2H3;4H,2-3H2,1H3;2-3H,1H3;2*3H,2H2,1H3;1H4. The van der Waals surface area contributed by atoms with Crippen LogP contribution in [0.5, 0.6) is 0 Å². The summed E-state index contributed by atoms with van der Waals surface area (Å²) in [5.74, 6) is 0. The zero-order valence-electron chi connectivity index (χ0n) is 32.0. The second-order valence-electron chi connectivity index (χ2n) is 12.0. The van der Waals surface area contributed by atoms with Crippen LogP contribution in [0.2, 0.25) is 0 Å². The van der Waals surface area contributed by atoms with E-state index in [0.717, 1.165) is 25.7 Å². The van der Waals surface area contributed by atoms with Gasteiger partial charge in [0, 0.05) is 12.8 Å². The van der Waals surface area contributed by atoms with Gasteiger partial charge in [-0.25, -0.2) is 33.6 Å². The van der Waals surface area contributed by atoms with Gasteiger partial charge >= 0.3 is 43.1 Å². The highest BCUT2D eigenvalue weighted by Gasteiger charge is 2.32. The molecule has 7 rings (SSSR count). The number of rotatable bonds is 2. The zero-order chi connectivity index (χ0) is 41.5. The maximum atomic E-state index is 12.0. The lowest BCUT2D eigenvalue weighted by Gasteiger charge is -2.20. The molecule has 9 atom stereocenters. The highest BCUT2D eigenvalue weighted by Crippen LogP contribution is 2.15. The molecule has 0 bridgehead atoms. The first-order valence-electron chi connectivity index (χ1n) is 17.5. The van der Waals surface area contributed by atoms with Gasteiger partial charge in [-0.2, -0.15) is 4.39 Å².